The van der Waals surface area contributed by atoms with Crippen molar-refractivity contribution in [2.45, 2.75) is 6.18 Å². The summed E-state index contributed by atoms with van der Waals surface area (Å²) in [6.07, 6.45) is -4.58. The number of nitrogens with zero attached hydrogens (tertiary/aromatic N) is 2. The van der Waals surface area contributed by atoms with Gasteiger partial charge in [0.2, 0.25) is 0 Å². The second-order valence-corrected chi connectivity index (χ2v) is 4.34. The Morgan fingerprint density at radius 1 is 1.35 bits per heavy atom. The van der Waals surface area contributed by atoms with Crippen LogP contribution in [0.3, 0.4) is 0 Å². The molecule has 23 heavy (non-hydrogen) atoms. The lowest BCUT2D eigenvalue weighted by atomic mass is 10.2. The van der Waals surface area contributed by atoms with Gasteiger partial charge in [0.25, 0.3) is 5.56 Å². The van der Waals surface area contributed by atoms with Crippen LogP contribution in [0.15, 0.2) is 35.1 Å². The smallest absolute Gasteiger partial charge is 0.416 e. The lowest BCUT2D eigenvalue weighted by Crippen LogP contribution is -2.27. The highest BCUT2D eigenvalue weighted by atomic mass is 19.4. The maximum atomic E-state index is 12.8. The molecule has 0 aliphatic rings. The van der Waals surface area contributed by atoms with Gasteiger partial charge in [-0.2, -0.15) is 23.0 Å². The van der Waals surface area contributed by atoms with E-state index in [4.69, 9.17) is 5.84 Å². The highest BCUT2D eigenvalue weighted by Gasteiger charge is 2.30. The molecule has 2 aromatic rings. The number of benzene rings is 1. The van der Waals surface area contributed by atoms with E-state index in [1.807, 2.05) is 0 Å². The summed E-state index contributed by atoms with van der Waals surface area (Å²) < 4.78 is 43.4. The van der Waals surface area contributed by atoms with Gasteiger partial charge < -0.3 is 10.2 Å². The van der Waals surface area contributed by atoms with E-state index in [9.17, 15) is 22.8 Å². The molecule has 3 N–H and O–H groups in total. The molecule has 2 rings (SSSR count). The Labute approximate surface area is 127 Å². The number of carbonyl (C=O) groups is 1. The molecule has 0 aliphatic heterocycles. The summed E-state index contributed by atoms with van der Waals surface area (Å²) in [4.78, 5) is 23.6. The van der Waals surface area contributed by atoms with Crippen LogP contribution in [0, 0.1) is 0 Å². The number of aromatic nitrogens is 2. The number of nitrogens with two attached hydrogens (primary N) is 1. The standard InChI is InChI=1S/C13H11F3N4O3/c1-23-12(22)11-9(18-17)6-10(21)20(19-11)8-4-2-3-7(5-8)13(14,15)16/h2-6,18H,17H2,1H3. The first-order valence-electron chi connectivity index (χ1n) is 6.15. The van der Waals surface area contributed by atoms with Gasteiger partial charge in [0.15, 0.2) is 5.69 Å². The van der Waals surface area contributed by atoms with Crippen molar-refractivity contribution in [2.75, 3.05) is 12.5 Å². The zero-order valence-electron chi connectivity index (χ0n) is 11.7. The fourth-order valence-corrected chi connectivity index (χ4v) is 1.81. The largest absolute Gasteiger partial charge is 0.464 e. The van der Waals surface area contributed by atoms with Crippen molar-refractivity contribution in [1.82, 2.24) is 9.78 Å². The Balaban J connectivity index is 2.65. The highest BCUT2D eigenvalue weighted by Crippen LogP contribution is 2.30. The summed E-state index contributed by atoms with van der Waals surface area (Å²) in [5.41, 5.74) is -0.220. The van der Waals surface area contributed by atoms with Crippen LogP contribution in [-0.4, -0.2) is 22.9 Å². The fourth-order valence-electron chi connectivity index (χ4n) is 1.81. The van der Waals surface area contributed by atoms with Gasteiger partial charge in [-0.05, 0) is 18.2 Å². The lowest BCUT2D eigenvalue weighted by molar-refractivity contribution is -0.137. The zero-order chi connectivity index (χ0) is 17.2. The van der Waals surface area contributed by atoms with Gasteiger partial charge in [-0.15, -0.1) is 0 Å². The van der Waals surface area contributed by atoms with E-state index in [1.54, 1.807) is 0 Å². The minimum atomic E-state index is -4.58. The normalized spacial score (nSPS) is 11.2. The van der Waals surface area contributed by atoms with Gasteiger partial charge in [-0.25, -0.2) is 4.79 Å². The van der Waals surface area contributed by atoms with E-state index in [1.165, 1.54) is 6.07 Å². The predicted octanol–water partition coefficient (Wildman–Crippen LogP) is 1.32. The quantitative estimate of drug-likeness (QED) is 0.501. The number of anilines is 1. The van der Waals surface area contributed by atoms with Gasteiger partial charge in [0.05, 0.1) is 24.0 Å². The first-order chi connectivity index (χ1) is 10.8. The van der Waals surface area contributed by atoms with Crippen LogP contribution in [0.4, 0.5) is 18.9 Å². The van der Waals surface area contributed by atoms with Gasteiger partial charge in [0, 0.05) is 6.07 Å². The Morgan fingerprint density at radius 2 is 2.04 bits per heavy atom. The summed E-state index contributed by atoms with van der Waals surface area (Å²) in [6, 6.07) is 4.90. The molecule has 10 heteroatoms. The van der Waals surface area contributed by atoms with E-state index in [0.29, 0.717) is 4.68 Å². The molecule has 0 saturated carbocycles. The fraction of sp³-hybridized carbons (Fsp3) is 0.154. The number of rotatable bonds is 3. The van der Waals surface area contributed by atoms with Gasteiger partial charge in [-0.1, -0.05) is 6.07 Å². The number of halogens is 3. The molecule has 1 aromatic carbocycles. The maximum Gasteiger partial charge on any atom is 0.416 e. The number of hydrazine groups is 1. The number of nitrogens with one attached hydrogen (secondary N) is 1. The van der Waals surface area contributed by atoms with Crippen molar-refractivity contribution >= 4 is 11.7 Å². The molecule has 1 heterocycles. The van der Waals surface area contributed by atoms with E-state index < -0.39 is 23.3 Å². The number of alkyl halides is 3. The van der Waals surface area contributed by atoms with Gasteiger partial charge in [0.1, 0.15) is 0 Å². The molecular weight excluding hydrogens is 317 g/mol. The van der Waals surface area contributed by atoms with Crippen molar-refractivity contribution in [3.8, 4) is 5.69 Å². The van der Waals surface area contributed by atoms with Crippen LogP contribution in [0.25, 0.3) is 5.69 Å². The molecule has 0 atom stereocenters. The van der Waals surface area contributed by atoms with E-state index in [2.05, 4.69) is 15.3 Å². The Bertz CT molecular complexity index is 802. The number of esters is 1. The molecule has 0 radical (unpaired) electrons. The minimum Gasteiger partial charge on any atom is -0.464 e. The topological polar surface area (TPSA) is 99.2 Å². The SMILES string of the molecule is COC(=O)c1nn(-c2cccc(C(F)(F)F)c2)c(=O)cc1NN. The third-order valence-electron chi connectivity index (χ3n) is 2.88. The number of hydrogen-bond donors (Lipinski definition) is 2. The van der Waals surface area contributed by atoms with Crippen molar-refractivity contribution in [3.05, 3.63) is 51.9 Å². The first-order valence-corrected chi connectivity index (χ1v) is 6.15. The molecule has 0 spiro atoms. The van der Waals surface area contributed by atoms with E-state index >= 15 is 0 Å². The third kappa shape index (κ3) is 3.31. The molecule has 0 amide bonds. The molecule has 0 saturated heterocycles. The second-order valence-electron chi connectivity index (χ2n) is 4.34. The molecule has 0 bridgehead atoms. The van der Waals surface area contributed by atoms with Crippen molar-refractivity contribution < 1.29 is 22.7 Å². The predicted molar refractivity (Wildman–Crippen MR) is 74.0 cm³/mol. The van der Waals surface area contributed by atoms with Crippen LogP contribution in [0.2, 0.25) is 0 Å². The van der Waals surface area contributed by atoms with Crippen molar-refractivity contribution in [2.24, 2.45) is 5.84 Å². The van der Waals surface area contributed by atoms with Crippen LogP contribution < -0.4 is 16.8 Å². The zero-order valence-corrected chi connectivity index (χ0v) is 11.7. The van der Waals surface area contributed by atoms with Crippen LogP contribution in [0.5, 0.6) is 0 Å². The number of ether oxygens (including phenoxy) is 1. The summed E-state index contributed by atoms with van der Waals surface area (Å²) in [7, 11) is 1.09. The maximum absolute atomic E-state index is 12.8. The van der Waals surface area contributed by atoms with Crippen LogP contribution in [-0.2, 0) is 10.9 Å². The second kappa shape index (κ2) is 6.08. The molecule has 0 unspecified atom stereocenters. The minimum absolute atomic E-state index is 0.106. The molecule has 1 aromatic heterocycles. The average Bonchev–Trinajstić information content (AvgIpc) is 2.53. The first kappa shape index (κ1) is 16.5. The number of methoxy groups -OCH3 is 1. The van der Waals surface area contributed by atoms with Crippen molar-refractivity contribution in [3.63, 3.8) is 0 Å². The summed E-state index contributed by atoms with van der Waals surface area (Å²) >= 11 is 0. The Morgan fingerprint density at radius 3 is 2.61 bits per heavy atom. The highest BCUT2D eigenvalue weighted by molar-refractivity contribution is 5.93. The lowest BCUT2D eigenvalue weighted by Gasteiger charge is -2.12. The molecule has 0 aliphatic carbocycles. The van der Waals surface area contributed by atoms with Crippen LogP contribution in [0.1, 0.15) is 16.1 Å². The molecule has 0 fully saturated rings. The summed E-state index contributed by atoms with van der Waals surface area (Å²) in [5.74, 6) is 4.28. The average molecular weight is 328 g/mol. The Hall–Kier alpha value is -2.88. The summed E-state index contributed by atoms with van der Waals surface area (Å²) in [6.45, 7) is 0. The van der Waals surface area contributed by atoms with Crippen molar-refractivity contribution in [1.29, 1.82) is 0 Å². The number of hydrogen-bond acceptors (Lipinski definition) is 6. The van der Waals surface area contributed by atoms with Crippen LogP contribution >= 0.6 is 0 Å². The van der Waals surface area contributed by atoms with Gasteiger partial charge >= 0.3 is 12.1 Å². The number of nitrogen functional groups attached to an aromatic ring is 1. The van der Waals surface area contributed by atoms with E-state index in [-0.39, 0.29) is 17.1 Å². The third-order valence-corrected chi connectivity index (χ3v) is 2.88. The molecular formula is C13H11F3N4O3. The van der Waals surface area contributed by atoms with E-state index in [0.717, 1.165) is 31.4 Å². The molecule has 7 nitrogen and oxygen atoms in total. The van der Waals surface area contributed by atoms with Gasteiger partial charge in [-0.3, -0.25) is 10.6 Å². The number of carbonyl (C=O) groups excluding carboxylic acids is 1. The Kier molecular flexibility index (Phi) is 4.36. The summed E-state index contributed by atoms with van der Waals surface area (Å²) in [5, 5.41) is 3.73. The monoisotopic (exact) mass is 328 g/mol. The molecule has 122 valence electrons.